The van der Waals surface area contributed by atoms with E-state index in [9.17, 15) is 24.0 Å². The zero-order valence-corrected chi connectivity index (χ0v) is 27.3. The highest BCUT2D eigenvalue weighted by molar-refractivity contribution is 5.87. The molecule has 0 rings (SSSR count). The van der Waals surface area contributed by atoms with Crippen molar-refractivity contribution in [3.63, 3.8) is 0 Å². The molecule has 13 heteroatoms. The quantitative estimate of drug-likeness (QED) is 0.126. The number of esters is 2. The van der Waals surface area contributed by atoms with Crippen LogP contribution in [0.4, 0.5) is 0 Å². The van der Waals surface area contributed by atoms with E-state index in [1.54, 1.807) is 13.8 Å². The summed E-state index contributed by atoms with van der Waals surface area (Å²) in [6, 6.07) is 0. The minimum atomic E-state index is -0.935. The fourth-order valence-electron chi connectivity index (χ4n) is 1.30. The predicted octanol–water partition coefficient (Wildman–Crippen LogP) is 3.55. The smallest absolute Gasteiger partial charge is 0.333 e. The Morgan fingerprint density at radius 1 is 0.545 bits per heavy atom. The molecule has 0 aliphatic heterocycles. The van der Waals surface area contributed by atoms with Crippen LogP contribution in [0.15, 0.2) is 60.8 Å². The van der Waals surface area contributed by atoms with Crippen LogP contribution < -0.4 is 0 Å². The molecule has 0 aliphatic carbocycles. The lowest BCUT2D eigenvalue weighted by atomic mass is 9.88. The van der Waals surface area contributed by atoms with Gasteiger partial charge in [-0.25, -0.2) is 24.0 Å². The Kier molecular flexibility index (Phi) is 29.9. The molecule has 0 atom stereocenters. The second-order valence-corrected chi connectivity index (χ2v) is 10.5. The van der Waals surface area contributed by atoms with Crippen LogP contribution in [0.25, 0.3) is 0 Å². The number of carboxylic acids is 3. The van der Waals surface area contributed by atoms with E-state index in [0.717, 1.165) is 0 Å². The van der Waals surface area contributed by atoms with Gasteiger partial charge in [0.1, 0.15) is 0 Å². The van der Waals surface area contributed by atoms with Crippen molar-refractivity contribution in [2.75, 3.05) is 33.0 Å². The zero-order valence-electron chi connectivity index (χ0n) is 27.3. The van der Waals surface area contributed by atoms with Crippen LogP contribution in [-0.2, 0) is 33.4 Å². The van der Waals surface area contributed by atoms with E-state index in [4.69, 9.17) is 40.1 Å². The molecule has 0 heterocycles. The highest BCUT2D eigenvalue weighted by atomic mass is 16.5. The van der Waals surface area contributed by atoms with Crippen molar-refractivity contribution in [2.45, 2.75) is 61.8 Å². The summed E-state index contributed by atoms with van der Waals surface area (Å²) in [4.78, 5) is 51.2. The lowest BCUT2D eigenvalue weighted by molar-refractivity contribution is -0.148. The minimum absolute atomic E-state index is 0.156. The summed E-state index contributed by atoms with van der Waals surface area (Å²) >= 11 is 0. The molecule has 0 fully saturated rings. The zero-order chi connectivity index (χ0) is 36.4. The molecule has 44 heavy (non-hydrogen) atoms. The molecular formula is C31H52O13. The van der Waals surface area contributed by atoms with E-state index in [2.05, 4.69) is 32.9 Å². The van der Waals surface area contributed by atoms with Gasteiger partial charge in [0.25, 0.3) is 0 Å². The number of hydrogen-bond acceptors (Lipinski definition) is 10. The molecular weight excluding hydrogens is 580 g/mol. The number of aliphatic hydroxyl groups is 3. The number of hydrogen-bond donors (Lipinski definition) is 6. The molecule has 254 valence electrons. The van der Waals surface area contributed by atoms with Crippen molar-refractivity contribution in [3.8, 4) is 0 Å². The third kappa shape index (κ3) is 32.4. The third-order valence-corrected chi connectivity index (χ3v) is 4.74. The Bertz CT molecular complexity index is 857. The minimum Gasteiger partial charge on any atom is -0.478 e. The van der Waals surface area contributed by atoms with Gasteiger partial charge in [-0.3, -0.25) is 0 Å². The molecule has 0 spiro atoms. The van der Waals surface area contributed by atoms with Crippen molar-refractivity contribution in [2.24, 2.45) is 10.8 Å². The topological polar surface area (TPSA) is 225 Å². The van der Waals surface area contributed by atoms with E-state index in [0.29, 0.717) is 17.6 Å². The summed E-state index contributed by atoms with van der Waals surface area (Å²) in [5.74, 6) is -3.69. The van der Waals surface area contributed by atoms with E-state index in [1.165, 1.54) is 20.8 Å². The molecule has 0 aromatic carbocycles. The fourth-order valence-corrected chi connectivity index (χ4v) is 1.30. The summed E-state index contributed by atoms with van der Waals surface area (Å²) in [5, 5.41) is 49.6. The molecule has 0 amide bonds. The van der Waals surface area contributed by atoms with Crippen molar-refractivity contribution in [1.82, 2.24) is 0 Å². The highest BCUT2D eigenvalue weighted by Crippen LogP contribution is 2.18. The third-order valence-electron chi connectivity index (χ3n) is 4.74. The van der Waals surface area contributed by atoms with Gasteiger partial charge in [0.05, 0.1) is 33.0 Å². The van der Waals surface area contributed by atoms with Gasteiger partial charge in [0.2, 0.25) is 0 Å². The summed E-state index contributed by atoms with van der Waals surface area (Å²) in [5.41, 5.74) is 0.121. The second-order valence-electron chi connectivity index (χ2n) is 10.5. The summed E-state index contributed by atoms with van der Waals surface area (Å²) < 4.78 is 10.0. The number of carboxylic acid groups (broad SMARTS) is 3. The lowest BCUT2D eigenvalue weighted by Gasteiger charge is -2.24. The van der Waals surface area contributed by atoms with Crippen LogP contribution >= 0.6 is 0 Å². The van der Waals surface area contributed by atoms with Crippen LogP contribution in [-0.4, -0.2) is 93.5 Å². The summed E-state index contributed by atoms with van der Waals surface area (Å²) in [6.45, 7) is 29.3. The van der Waals surface area contributed by atoms with E-state index in [1.807, 2.05) is 20.8 Å². The summed E-state index contributed by atoms with van der Waals surface area (Å²) in [6.07, 6.45) is 0.594. The Morgan fingerprint density at radius 2 is 0.750 bits per heavy atom. The van der Waals surface area contributed by atoms with Crippen molar-refractivity contribution >= 4 is 29.8 Å². The van der Waals surface area contributed by atoms with E-state index >= 15 is 0 Å². The van der Waals surface area contributed by atoms with Crippen LogP contribution in [0.2, 0.25) is 0 Å². The number of carbonyl (C=O) groups excluding carboxylic acids is 2. The number of carbonyl (C=O) groups is 5. The monoisotopic (exact) mass is 632 g/mol. The van der Waals surface area contributed by atoms with Gasteiger partial charge >= 0.3 is 29.8 Å². The van der Waals surface area contributed by atoms with Crippen LogP contribution in [0.3, 0.4) is 0 Å². The number of aliphatic hydroxyl groups excluding tert-OH is 3. The molecule has 0 bridgehead atoms. The molecule has 0 saturated carbocycles. The normalized spacial score (nSPS) is 9.61. The average Bonchev–Trinajstić information content (AvgIpc) is 2.93. The van der Waals surface area contributed by atoms with E-state index in [-0.39, 0.29) is 49.8 Å². The summed E-state index contributed by atoms with van der Waals surface area (Å²) in [7, 11) is 0. The van der Waals surface area contributed by atoms with Crippen LogP contribution in [0.1, 0.15) is 61.8 Å². The first kappa shape index (κ1) is 49.6. The molecule has 0 radical (unpaired) electrons. The number of rotatable bonds is 13. The Labute approximate surface area is 260 Å². The molecule has 0 aromatic heterocycles. The maximum atomic E-state index is 11.2. The van der Waals surface area contributed by atoms with E-state index < -0.39 is 40.7 Å². The molecule has 13 nitrogen and oxygen atoms in total. The van der Waals surface area contributed by atoms with Crippen molar-refractivity contribution < 1.29 is 64.1 Å². The highest BCUT2D eigenvalue weighted by Gasteiger charge is 2.25. The van der Waals surface area contributed by atoms with Crippen LogP contribution in [0, 0.1) is 10.8 Å². The molecule has 0 unspecified atom stereocenters. The van der Waals surface area contributed by atoms with Gasteiger partial charge in [-0.15, -0.1) is 0 Å². The Hall–Kier alpha value is -4.07. The lowest BCUT2D eigenvalue weighted by Crippen LogP contribution is -2.32. The largest absolute Gasteiger partial charge is 0.478 e. The molecule has 0 aliphatic rings. The number of aliphatic carboxylic acids is 3. The molecule has 0 saturated heterocycles. The second kappa shape index (κ2) is 26.5. The van der Waals surface area contributed by atoms with Gasteiger partial charge in [-0.05, 0) is 41.0 Å². The van der Waals surface area contributed by atoms with Crippen LogP contribution in [0.5, 0.6) is 0 Å². The Balaban J connectivity index is -0.000000158. The predicted molar refractivity (Wildman–Crippen MR) is 167 cm³/mol. The first-order chi connectivity index (χ1) is 19.8. The van der Waals surface area contributed by atoms with Crippen molar-refractivity contribution in [1.29, 1.82) is 0 Å². The van der Waals surface area contributed by atoms with Crippen molar-refractivity contribution in [3.05, 3.63) is 60.8 Å². The van der Waals surface area contributed by atoms with Gasteiger partial charge in [0.15, 0.2) is 0 Å². The van der Waals surface area contributed by atoms with Gasteiger partial charge in [-0.2, -0.15) is 0 Å². The van der Waals surface area contributed by atoms with Gasteiger partial charge in [0, 0.05) is 38.7 Å². The maximum Gasteiger partial charge on any atom is 0.333 e. The maximum absolute atomic E-state index is 11.2. The first-order valence-electron chi connectivity index (χ1n) is 13.0. The SMILES string of the molecule is C=C(C)C(=O)O.C=C(C)C(=O)O.C=C(C)C(=O)O.C=C(C)C(=O)OCC(C)(C)COC(=O)C(=C)C.CCC(CO)(CO)CO. The fraction of sp³-hybridized carbons (Fsp3) is 0.516. The average molecular weight is 633 g/mol. The Morgan fingerprint density at radius 3 is 0.841 bits per heavy atom. The number of ether oxygens (including phenoxy) is 2. The first-order valence-corrected chi connectivity index (χ1v) is 13.0. The van der Waals surface area contributed by atoms with Gasteiger partial charge in [-0.1, -0.05) is 53.7 Å². The standard InChI is InChI=1S/C13H20O4.C6H14O3.3C4H6O2/c1-9(2)11(14)16-7-13(5,6)8-17-12(15)10(3)4;1-2-6(3-7,4-8)5-9;3*1-3(2)4(5)6/h1,3,7-8H2,2,4-6H3;7-9H,2-5H2,1H3;3*1H2,2H3,(H,5,6). The molecule has 6 N–H and O–H groups in total. The van der Waals surface area contributed by atoms with Gasteiger partial charge < -0.3 is 40.1 Å². The molecule has 0 aromatic rings.